The van der Waals surface area contributed by atoms with Crippen LogP contribution in [0.2, 0.25) is 0 Å². The summed E-state index contributed by atoms with van der Waals surface area (Å²) in [5.41, 5.74) is 2.14. The summed E-state index contributed by atoms with van der Waals surface area (Å²) in [6.45, 7) is 4.17. The lowest BCUT2D eigenvalue weighted by molar-refractivity contribution is -0.172. The molecule has 0 radical (unpaired) electrons. The fourth-order valence-electron chi connectivity index (χ4n) is 7.75. The number of hydrogen-bond acceptors (Lipinski definition) is 3. The maximum atomic E-state index is 12.8. The number of aryl methyl sites for hydroxylation is 2. The van der Waals surface area contributed by atoms with Gasteiger partial charge in [0, 0.05) is 33.4 Å². The van der Waals surface area contributed by atoms with Crippen molar-refractivity contribution in [1.29, 1.82) is 0 Å². The van der Waals surface area contributed by atoms with E-state index >= 15 is 0 Å². The van der Waals surface area contributed by atoms with Gasteiger partial charge in [0.2, 0.25) is 0 Å². The van der Waals surface area contributed by atoms with Gasteiger partial charge in [-0.05, 0) is 105 Å². The van der Waals surface area contributed by atoms with Crippen molar-refractivity contribution in [3.63, 3.8) is 0 Å². The van der Waals surface area contributed by atoms with Crippen LogP contribution in [0.15, 0.2) is 60.7 Å². The van der Waals surface area contributed by atoms with E-state index in [0.29, 0.717) is 11.8 Å². The number of esters is 1. The van der Waals surface area contributed by atoms with Crippen LogP contribution in [0, 0.1) is 37.5 Å². The van der Waals surface area contributed by atoms with Gasteiger partial charge in [0.25, 0.3) is 0 Å². The van der Waals surface area contributed by atoms with Crippen molar-refractivity contribution in [2.24, 2.45) is 23.7 Å². The van der Waals surface area contributed by atoms with Crippen LogP contribution in [0.1, 0.15) is 43.2 Å². The van der Waals surface area contributed by atoms with Crippen LogP contribution in [0.3, 0.4) is 0 Å². The minimum Gasteiger partial charge on any atom is -0.481 e. The van der Waals surface area contributed by atoms with E-state index in [0.717, 1.165) is 28.7 Å². The second-order valence-electron chi connectivity index (χ2n) is 11.4. The van der Waals surface area contributed by atoms with E-state index in [9.17, 15) is 4.79 Å². The van der Waals surface area contributed by atoms with Gasteiger partial charge in [0.05, 0.1) is 0 Å². The van der Waals surface area contributed by atoms with E-state index in [4.69, 9.17) is 9.47 Å². The molecule has 0 aliphatic heterocycles. The van der Waals surface area contributed by atoms with Crippen LogP contribution in [0.25, 0.3) is 25.1 Å². The van der Waals surface area contributed by atoms with Crippen molar-refractivity contribution in [3.8, 4) is 10.6 Å². The fourth-order valence-corrected chi connectivity index (χ4v) is 10.3. The number of rotatable bonds is 5. The highest BCUT2D eigenvalue weighted by Crippen LogP contribution is 2.55. The summed E-state index contributed by atoms with van der Waals surface area (Å²) in [6.07, 6.45) is 6.52. The standard InChI is InChI=1S/C32H33O3S/c1-19-11-25(36-28-9-5-3-7-26(28)27-8-4-6-10-29(27)36)12-20(2)31(19)34-18-30(33)35-32-23-14-21-13-22(16-23)17-24(32)15-21/h3-12,21-24,32H,13-18H2,1-2H3/q+1. The first kappa shape index (κ1) is 22.4. The monoisotopic (exact) mass is 497 g/mol. The van der Waals surface area contributed by atoms with Crippen molar-refractivity contribution in [2.45, 2.75) is 52.1 Å². The number of fused-ring (bicyclic) bond motifs is 3. The molecule has 8 rings (SSSR count). The van der Waals surface area contributed by atoms with E-state index in [1.54, 1.807) is 0 Å². The highest BCUT2D eigenvalue weighted by Gasteiger charge is 2.49. The Balaban J connectivity index is 1.12. The average Bonchev–Trinajstić information content (AvgIpc) is 3.20. The molecule has 0 amide bonds. The average molecular weight is 498 g/mol. The summed E-state index contributed by atoms with van der Waals surface area (Å²) < 4.78 is 14.9. The zero-order valence-corrected chi connectivity index (χ0v) is 21.9. The van der Waals surface area contributed by atoms with Gasteiger partial charge in [-0.3, -0.25) is 0 Å². The van der Waals surface area contributed by atoms with Crippen LogP contribution in [-0.2, 0) is 9.53 Å². The fraction of sp³-hybridized carbons (Fsp3) is 0.406. The van der Waals surface area contributed by atoms with Crippen molar-refractivity contribution >= 4 is 36.6 Å². The van der Waals surface area contributed by atoms with Gasteiger partial charge < -0.3 is 9.47 Å². The second kappa shape index (κ2) is 8.62. The van der Waals surface area contributed by atoms with E-state index in [1.165, 1.54) is 57.2 Å². The van der Waals surface area contributed by atoms with Gasteiger partial charge in [-0.15, -0.1) is 0 Å². The molecule has 0 unspecified atom stereocenters. The first-order chi connectivity index (χ1) is 17.5. The third-order valence-electron chi connectivity index (χ3n) is 8.92. The van der Waals surface area contributed by atoms with E-state index in [2.05, 4.69) is 74.5 Å². The molecule has 0 spiro atoms. The summed E-state index contributed by atoms with van der Waals surface area (Å²) in [6, 6.07) is 22.0. The van der Waals surface area contributed by atoms with E-state index < -0.39 is 0 Å². The molecule has 1 aromatic heterocycles. The Kier molecular flexibility index (Phi) is 5.35. The summed E-state index contributed by atoms with van der Waals surface area (Å²) in [4.78, 5) is 14.1. The maximum Gasteiger partial charge on any atom is 0.344 e. The lowest BCUT2D eigenvalue weighted by Crippen LogP contribution is -2.50. The molecule has 4 aliphatic rings. The van der Waals surface area contributed by atoms with Crippen LogP contribution in [-0.4, -0.2) is 18.7 Å². The molecule has 184 valence electrons. The molecule has 3 nitrogen and oxygen atoms in total. The number of carbonyl (C=O) groups is 1. The molecule has 4 heteroatoms. The molecule has 1 heterocycles. The predicted octanol–water partition coefficient (Wildman–Crippen LogP) is 8.09. The summed E-state index contributed by atoms with van der Waals surface area (Å²) in [5, 5.41) is 2.67. The smallest absolute Gasteiger partial charge is 0.344 e. The normalized spacial score (nSPS) is 26.6. The zero-order chi connectivity index (χ0) is 24.4. The molecular weight excluding hydrogens is 464 g/mol. The van der Waals surface area contributed by atoms with E-state index in [-0.39, 0.29) is 29.2 Å². The highest BCUT2D eigenvalue weighted by atomic mass is 32.2. The molecule has 4 aromatic rings. The Morgan fingerprint density at radius 1 is 0.806 bits per heavy atom. The molecule has 0 atom stereocenters. The van der Waals surface area contributed by atoms with Crippen molar-refractivity contribution in [3.05, 3.63) is 71.8 Å². The van der Waals surface area contributed by atoms with Gasteiger partial charge in [-0.1, -0.05) is 24.3 Å². The molecule has 4 saturated carbocycles. The molecule has 0 saturated heterocycles. The maximum absolute atomic E-state index is 12.8. The SMILES string of the molecule is Cc1cc(-[s+]2c3ccccc3c3ccccc32)cc(C)c1OCC(=O)OC1C2CC3CC(C2)CC1C3. The largest absolute Gasteiger partial charge is 0.481 e. The molecule has 4 aliphatic carbocycles. The van der Waals surface area contributed by atoms with Crippen LogP contribution in [0.4, 0.5) is 0 Å². The van der Waals surface area contributed by atoms with Gasteiger partial charge in [-0.2, -0.15) is 0 Å². The van der Waals surface area contributed by atoms with Crippen LogP contribution < -0.4 is 4.74 Å². The summed E-state index contributed by atoms with van der Waals surface area (Å²) >= 11 is 0. The Labute approximate surface area is 215 Å². The quantitative estimate of drug-likeness (QED) is 0.206. The Morgan fingerprint density at radius 2 is 1.33 bits per heavy atom. The third-order valence-corrected chi connectivity index (χ3v) is 11.2. The van der Waals surface area contributed by atoms with Crippen molar-refractivity contribution in [1.82, 2.24) is 0 Å². The Bertz CT molecular complexity index is 1380. The first-order valence-electron chi connectivity index (χ1n) is 13.4. The number of hydrogen-bond donors (Lipinski definition) is 0. The van der Waals surface area contributed by atoms with Crippen LogP contribution in [0.5, 0.6) is 5.75 Å². The molecule has 4 bridgehead atoms. The molecular formula is C32H33O3S+. The lowest BCUT2D eigenvalue weighted by atomic mass is 9.55. The second-order valence-corrected chi connectivity index (χ2v) is 13.3. The highest BCUT2D eigenvalue weighted by molar-refractivity contribution is 7.50. The molecule has 36 heavy (non-hydrogen) atoms. The van der Waals surface area contributed by atoms with Gasteiger partial charge in [-0.25, -0.2) is 4.79 Å². The Morgan fingerprint density at radius 3 is 1.89 bits per heavy atom. The first-order valence-corrected chi connectivity index (χ1v) is 14.6. The Hall–Kier alpha value is -2.85. The predicted molar refractivity (Wildman–Crippen MR) is 147 cm³/mol. The van der Waals surface area contributed by atoms with E-state index in [1.807, 2.05) is 0 Å². The molecule has 4 fully saturated rings. The van der Waals surface area contributed by atoms with Crippen molar-refractivity contribution in [2.75, 3.05) is 6.61 Å². The number of thiophene rings is 1. The number of ether oxygens (including phenoxy) is 2. The molecule has 0 N–H and O–H groups in total. The van der Waals surface area contributed by atoms with Gasteiger partial charge >= 0.3 is 5.97 Å². The molecule has 3 aromatic carbocycles. The van der Waals surface area contributed by atoms with Gasteiger partial charge in [0.15, 0.2) is 20.9 Å². The number of carbonyl (C=O) groups excluding carboxylic acids is 1. The van der Waals surface area contributed by atoms with Gasteiger partial charge in [0.1, 0.15) is 11.9 Å². The number of benzene rings is 3. The summed E-state index contributed by atoms with van der Waals surface area (Å²) in [7, 11) is -0.137. The summed E-state index contributed by atoms with van der Waals surface area (Å²) in [5.74, 6) is 3.50. The minimum atomic E-state index is -0.212. The lowest BCUT2D eigenvalue weighted by Gasteiger charge is -2.53. The topological polar surface area (TPSA) is 35.5 Å². The van der Waals surface area contributed by atoms with Crippen molar-refractivity contribution < 1.29 is 14.3 Å². The third kappa shape index (κ3) is 3.64. The van der Waals surface area contributed by atoms with Crippen LogP contribution >= 0.6 is 10.5 Å². The zero-order valence-electron chi connectivity index (χ0n) is 21.0. The minimum absolute atomic E-state index is 0.0127.